The summed E-state index contributed by atoms with van der Waals surface area (Å²) >= 11 is 5.71. The summed E-state index contributed by atoms with van der Waals surface area (Å²) in [4.78, 5) is 12.0. The van der Waals surface area contributed by atoms with E-state index in [0.29, 0.717) is 5.02 Å². The molecule has 2 aromatic carbocycles. The van der Waals surface area contributed by atoms with Gasteiger partial charge in [0.15, 0.2) is 0 Å². The number of benzene rings is 2. The molecule has 0 heterocycles. The third-order valence-corrected chi connectivity index (χ3v) is 4.79. The number of carbonyl (C=O) groups is 1. The second kappa shape index (κ2) is 7.08. The quantitative estimate of drug-likeness (QED) is 0.865. The first-order chi connectivity index (χ1) is 10.8. The zero-order chi connectivity index (χ0) is 17.0. The van der Waals surface area contributed by atoms with Crippen LogP contribution in [-0.2, 0) is 14.8 Å². The van der Waals surface area contributed by atoms with E-state index in [1.54, 1.807) is 6.07 Å². The maximum atomic E-state index is 13.5. The molecular formula is C15H14ClFN2O3S. The summed E-state index contributed by atoms with van der Waals surface area (Å²) in [5.41, 5.74) is -0.0185. The van der Waals surface area contributed by atoms with Gasteiger partial charge in [-0.3, -0.25) is 4.79 Å². The highest BCUT2D eigenvalue weighted by Crippen LogP contribution is 2.15. The van der Waals surface area contributed by atoms with Crippen molar-refractivity contribution in [2.24, 2.45) is 0 Å². The molecule has 1 amide bonds. The number of halogens is 2. The Balaban J connectivity index is 2.08. The van der Waals surface area contributed by atoms with Gasteiger partial charge in [-0.05, 0) is 43.3 Å². The first kappa shape index (κ1) is 17.4. The molecule has 8 heteroatoms. The third kappa shape index (κ3) is 4.51. The van der Waals surface area contributed by atoms with Gasteiger partial charge in [0, 0.05) is 5.02 Å². The highest BCUT2D eigenvalue weighted by atomic mass is 35.5. The Kier molecular flexibility index (Phi) is 5.35. The zero-order valence-electron chi connectivity index (χ0n) is 12.1. The molecule has 122 valence electrons. The standard InChI is InChI=1S/C15H14ClFN2O3S/c1-10(15(20)18-14-5-3-2-4-13(14)17)19-23(21,22)12-8-6-11(16)7-9-12/h2-10,19H,1H3,(H,18,20). The molecular weight excluding hydrogens is 343 g/mol. The largest absolute Gasteiger partial charge is 0.322 e. The predicted octanol–water partition coefficient (Wildman–Crippen LogP) is 2.78. The molecule has 0 fully saturated rings. The fourth-order valence-corrected chi connectivity index (χ4v) is 3.10. The number of hydrogen-bond donors (Lipinski definition) is 2. The van der Waals surface area contributed by atoms with Gasteiger partial charge in [0.1, 0.15) is 5.82 Å². The normalized spacial score (nSPS) is 12.7. The van der Waals surface area contributed by atoms with Crippen molar-refractivity contribution in [3.05, 3.63) is 59.4 Å². The molecule has 1 atom stereocenters. The maximum Gasteiger partial charge on any atom is 0.242 e. The molecule has 23 heavy (non-hydrogen) atoms. The van der Waals surface area contributed by atoms with Crippen LogP contribution in [0.25, 0.3) is 0 Å². The molecule has 0 bridgehead atoms. The zero-order valence-corrected chi connectivity index (χ0v) is 13.7. The van der Waals surface area contributed by atoms with E-state index in [-0.39, 0.29) is 10.6 Å². The predicted molar refractivity (Wildman–Crippen MR) is 86.3 cm³/mol. The minimum atomic E-state index is -3.89. The van der Waals surface area contributed by atoms with Gasteiger partial charge in [-0.1, -0.05) is 23.7 Å². The molecule has 0 aliphatic carbocycles. The lowest BCUT2D eigenvalue weighted by Crippen LogP contribution is -2.41. The third-order valence-electron chi connectivity index (χ3n) is 2.98. The van der Waals surface area contributed by atoms with Crippen molar-refractivity contribution in [3.63, 3.8) is 0 Å². The van der Waals surface area contributed by atoms with E-state index in [2.05, 4.69) is 10.0 Å². The van der Waals surface area contributed by atoms with Gasteiger partial charge >= 0.3 is 0 Å². The Hall–Kier alpha value is -1.96. The molecule has 0 radical (unpaired) electrons. The van der Waals surface area contributed by atoms with Crippen molar-refractivity contribution in [1.82, 2.24) is 4.72 Å². The van der Waals surface area contributed by atoms with Gasteiger partial charge in [-0.25, -0.2) is 12.8 Å². The van der Waals surface area contributed by atoms with Crippen LogP contribution in [0.5, 0.6) is 0 Å². The molecule has 0 aliphatic rings. The summed E-state index contributed by atoms with van der Waals surface area (Å²) in [5, 5.41) is 2.73. The van der Waals surface area contributed by atoms with Gasteiger partial charge in [0.2, 0.25) is 15.9 Å². The summed E-state index contributed by atoms with van der Waals surface area (Å²) in [6.07, 6.45) is 0. The molecule has 0 aliphatic heterocycles. The minimum Gasteiger partial charge on any atom is -0.322 e. The van der Waals surface area contributed by atoms with Gasteiger partial charge < -0.3 is 5.32 Å². The minimum absolute atomic E-state index is 0.0185. The number of sulfonamides is 1. The second-order valence-electron chi connectivity index (χ2n) is 4.77. The smallest absolute Gasteiger partial charge is 0.242 e. The molecule has 2 aromatic rings. The average Bonchev–Trinajstić information content (AvgIpc) is 2.49. The van der Waals surface area contributed by atoms with Crippen molar-refractivity contribution >= 4 is 33.2 Å². The van der Waals surface area contributed by atoms with Crippen LogP contribution in [0.4, 0.5) is 10.1 Å². The number of nitrogens with one attached hydrogen (secondary N) is 2. The molecule has 0 saturated carbocycles. The summed E-state index contributed by atoms with van der Waals surface area (Å²) < 4.78 is 40.1. The Morgan fingerprint density at radius 3 is 2.35 bits per heavy atom. The summed E-state index contributed by atoms with van der Waals surface area (Å²) in [6, 6.07) is 10.0. The number of para-hydroxylation sites is 1. The fraction of sp³-hybridized carbons (Fsp3) is 0.133. The summed E-state index contributed by atoms with van der Waals surface area (Å²) in [6.45, 7) is 1.36. The number of hydrogen-bond acceptors (Lipinski definition) is 3. The lowest BCUT2D eigenvalue weighted by molar-refractivity contribution is -0.117. The Labute approximate surface area is 138 Å². The van der Waals surface area contributed by atoms with Crippen molar-refractivity contribution in [2.75, 3.05) is 5.32 Å². The van der Waals surface area contributed by atoms with E-state index >= 15 is 0 Å². The van der Waals surface area contributed by atoms with Crippen molar-refractivity contribution in [3.8, 4) is 0 Å². The Morgan fingerprint density at radius 1 is 1.13 bits per heavy atom. The first-order valence-corrected chi connectivity index (χ1v) is 8.49. The topological polar surface area (TPSA) is 75.3 Å². The molecule has 0 saturated heterocycles. The summed E-state index contributed by atoms with van der Waals surface area (Å²) in [7, 11) is -3.89. The van der Waals surface area contributed by atoms with Crippen LogP contribution in [0, 0.1) is 5.82 Å². The SMILES string of the molecule is CC(NS(=O)(=O)c1ccc(Cl)cc1)C(=O)Nc1ccccc1F. The van der Waals surface area contributed by atoms with Crippen LogP contribution < -0.4 is 10.0 Å². The molecule has 2 rings (SSSR count). The maximum absolute atomic E-state index is 13.5. The van der Waals surface area contributed by atoms with Crippen molar-refractivity contribution in [2.45, 2.75) is 17.9 Å². The number of anilines is 1. The van der Waals surface area contributed by atoms with E-state index in [9.17, 15) is 17.6 Å². The van der Waals surface area contributed by atoms with Crippen LogP contribution in [-0.4, -0.2) is 20.4 Å². The Bertz CT molecular complexity index is 810. The lowest BCUT2D eigenvalue weighted by atomic mass is 10.2. The second-order valence-corrected chi connectivity index (χ2v) is 6.92. The van der Waals surface area contributed by atoms with Crippen molar-refractivity contribution < 1.29 is 17.6 Å². The molecule has 0 spiro atoms. The average molecular weight is 357 g/mol. The summed E-state index contributed by atoms with van der Waals surface area (Å²) in [5.74, 6) is -1.28. The van der Waals surface area contributed by atoms with Crippen LogP contribution in [0.1, 0.15) is 6.92 Å². The van der Waals surface area contributed by atoms with E-state index in [1.807, 2.05) is 0 Å². The van der Waals surface area contributed by atoms with Crippen LogP contribution in [0.2, 0.25) is 5.02 Å². The fourth-order valence-electron chi connectivity index (χ4n) is 1.77. The van der Waals surface area contributed by atoms with Gasteiger partial charge in [0.05, 0.1) is 16.6 Å². The van der Waals surface area contributed by atoms with Gasteiger partial charge in [-0.15, -0.1) is 0 Å². The molecule has 1 unspecified atom stereocenters. The number of amides is 1. The number of rotatable bonds is 5. The Morgan fingerprint density at radius 2 is 1.74 bits per heavy atom. The van der Waals surface area contributed by atoms with E-state index in [0.717, 1.165) is 0 Å². The van der Waals surface area contributed by atoms with Crippen molar-refractivity contribution in [1.29, 1.82) is 0 Å². The molecule has 0 aromatic heterocycles. The first-order valence-electron chi connectivity index (χ1n) is 6.63. The van der Waals surface area contributed by atoms with Crippen LogP contribution in [0.3, 0.4) is 0 Å². The molecule has 2 N–H and O–H groups in total. The van der Waals surface area contributed by atoms with E-state index in [4.69, 9.17) is 11.6 Å². The highest BCUT2D eigenvalue weighted by Gasteiger charge is 2.22. The van der Waals surface area contributed by atoms with Crippen LogP contribution >= 0.6 is 11.6 Å². The van der Waals surface area contributed by atoms with Gasteiger partial charge in [0.25, 0.3) is 0 Å². The van der Waals surface area contributed by atoms with Gasteiger partial charge in [-0.2, -0.15) is 4.72 Å². The van der Waals surface area contributed by atoms with E-state index < -0.39 is 27.8 Å². The lowest BCUT2D eigenvalue weighted by Gasteiger charge is -2.15. The highest BCUT2D eigenvalue weighted by molar-refractivity contribution is 7.89. The number of carbonyl (C=O) groups excluding carboxylic acids is 1. The monoisotopic (exact) mass is 356 g/mol. The molecule has 5 nitrogen and oxygen atoms in total. The van der Waals surface area contributed by atoms with E-state index in [1.165, 1.54) is 49.4 Å². The van der Waals surface area contributed by atoms with Crippen LogP contribution in [0.15, 0.2) is 53.4 Å².